The molecule has 0 aliphatic rings. The molecular formula is C24H25N3O4. The smallest absolute Gasteiger partial charge is 0.326 e. The number of aromatic nitrogens is 1. The van der Waals surface area contributed by atoms with Crippen LogP contribution in [0.3, 0.4) is 0 Å². The Morgan fingerprint density at radius 3 is 2.39 bits per heavy atom. The molecule has 7 heteroatoms. The van der Waals surface area contributed by atoms with Crippen LogP contribution in [-0.2, 0) is 22.4 Å². The normalized spacial score (nSPS) is 12.6. The van der Waals surface area contributed by atoms with Gasteiger partial charge in [0.2, 0.25) is 11.8 Å². The van der Waals surface area contributed by atoms with Crippen molar-refractivity contribution >= 4 is 11.9 Å². The third-order valence-corrected chi connectivity index (χ3v) is 4.95. The van der Waals surface area contributed by atoms with Crippen LogP contribution < -0.4 is 15.8 Å². The van der Waals surface area contributed by atoms with Gasteiger partial charge in [-0.3, -0.25) is 4.79 Å². The van der Waals surface area contributed by atoms with E-state index in [1.54, 1.807) is 19.4 Å². The molecule has 0 fully saturated rings. The molecule has 1 amide bonds. The topological polar surface area (TPSA) is 115 Å². The van der Waals surface area contributed by atoms with E-state index in [9.17, 15) is 14.7 Å². The number of carbonyl (C=O) groups is 2. The first kappa shape index (κ1) is 22.0. The SMILES string of the molecule is COc1ccc(-c2ccccc2C[C@H](NC(=O)[C@@H](N)Cc2ccccc2)C(=O)O)cn1. The minimum absolute atomic E-state index is 0.112. The molecule has 1 aromatic heterocycles. The van der Waals surface area contributed by atoms with E-state index in [1.165, 1.54) is 0 Å². The number of amides is 1. The molecule has 0 saturated heterocycles. The van der Waals surface area contributed by atoms with E-state index in [0.29, 0.717) is 12.3 Å². The number of ether oxygens (including phenoxy) is 1. The summed E-state index contributed by atoms with van der Waals surface area (Å²) in [5, 5.41) is 12.3. The zero-order valence-corrected chi connectivity index (χ0v) is 17.2. The van der Waals surface area contributed by atoms with Gasteiger partial charge in [0.25, 0.3) is 0 Å². The van der Waals surface area contributed by atoms with Gasteiger partial charge < -0.3 is 20.9 Å². The molecule has 7 nitrogen and oxygen atoms in total. The number of aliphatic carboxylic acids is 1. The summed E-state index contributed by atoms with van der Waals surface area (Å²) < 4.78 is 5.09. The molecule has 2 atom stereocenters. The second-order valence-corrected chi connectivity index (χ2v) is 7.15. The molecule has 1 heterocycles. The highest BCUT2D eigenvalue weighted by molar-refractivity contribution is 5.87. The van der Waals surface area contributed by atoms with Gasteiger partial charge in [0.1, 0.15) is 6.04 Å². The Kier molecular flexibility index (Phi) is 7.35. The van der Waals surface area contributed by atoms with Gasteiger partial charge in [-0.05, 0) is 29.2 Å². The van der Waals surface area contributed by atoms with Crippen LogP contribution in [-0.4, -0.2) is 41.2 Å². The Bertz CT molecular complexity index is 1020. The molecule has 3 rings (SSSR count). The number of hydrogen-bond acceptors (Lipinski definition) is 5. The molecule has 0 radical (unpaired) electrons. The fraction of sp³-hybridized carbons (Fsp3) is 0.208. The Hall–Kier alpha value is -3.71. The first-order chi connectivity index (χ1) is 15.0. The number of benzene rings is 2. The first-order valence-electron chi connectivity index (χ1n) is 9.89. The van der Waals surface area contributed by atoms with Crippen molar-refractivity contribution in [3.63, 3.8) is 0 Å². The van der Waals surface area contributed by atoms with Gasteiger partial charge >= 0.3 is 5.97 Å². The maximum atomic E-state index is 12.6. The standard InChI is InChI=1S/C24H25N3O4/c1-31-22-12-11-18(15-26-22)19-10-6-5-9-17(19)14-21(24(29)30)27-23(28)20(25)13-16-7-3-2-4-8-16/h2-12,15,20-21H,13-14,25H2,1H3,(H,27,28)(H,29,30)/t20-,21-/m0/s1. The number of carbonyl (C=O) groups excluding carboxylic acids is 1. The first-order valence-corrected chi connectivity index (χ1v) is 9.89. The average molecular weight is 419 g/mol. The van der Waals surface area contributed by atoms with Crippen molar-refractivity contribution in [3.05, 3.63) is 84.1 Å². The molecule has 0 unspecified atom stereocenters. The van der Waals surface area contributed by atoms with E-state index < -0.39 is 24.0 Å². The van der Waals surface area contributed by atoms with Gasteiger partial charge in [0, 0.05) is 24.2 Å². The Morgan fingerprint density at radius 1 is 1.03 bits per heavy atom. The summed E-state index contributed by atoms with van der Waals surface area (Å²) in [5.74, 6) is -1.13. The predicted molar refractivity (Wildman–Crippen MR) is 118 cm³/mol. The van der Waals surface area contributed by atoms with Crippen LogP contribution >= 0.6 is 0 Å². The average Bonchev–Trinajstić information content (AvgIpc) is 2.79. The van der Waals surface area contributed by atoms with Crippen molar-refractivity contribution in [2.24, 2.45) is 5.73 Å². The summed E-state index contributed by atoms with van der Waals surface area (Å²) in [6, 6.07) is 18.4. The number of carboxylic acid groups (broad SMARTS) is 1. The number of rotatable bonds is 9. The fourth-order valence-electron chi connectivity index (χ4n) is 3.30. The van der Waals surface area contributed by atoms with Crippen molar-refractivity contribution in [1.82, 2.24) is 10.3 Å². The minimum atomic E-state index is -1.12. The predicted octanol–water partition coefficient (Wildman–Crippen LogP) is 2.44. The fourth-order valence-corrected chi connectivity index (χ4v) is 3.30. The zero-order chi connectivity index (χ0) is 22.2. The summed E-state index contributed by atoms with van der Waals surface area (Å²) in [7, 11) is 1.54. The van der Waals surface area contributed by atoms with Crippen LogP contribution in [0.15, 0.2) is 72.9 Å². The van der Waals surface area contributed by atoms with Gasteiger partial charge in [-0.15, -0.1) is 0 Å². The molecule has 31 heavy (non-hydrogen) atoms. The highest BCUT2D eigenvalue weighted by atomic mass is 16.5. The molecule has 0 aliphatic heterocycles. The molecule has 160 valence electrons. The van der Waals surface area contributed by atoms with Crippen LogP contribution in [0.2, 0.25) is 0 Å². The second-order valence-electron chi connectivity index (χ2n) is 7.15. The summed E-state index contributed by atoms with van der Waals surface area (Å²) in [6.45, 7) is 0. The molecule has 0 bridgehead atoms. The van der Waals surface area contributed by atoms with Gasteiger partial charge in [-0.1, -0.05) is 54.6 Å². The number of nitrogens with one attached hydrogen (secondary N) is 1. The van der Waals surface area contributed by atoms with Crippen LogP contribution in [0.4, 0.5) is 0 Å². The Labute approximate surface area is 180 Å². The van der Waals surface area contributed by atoms with E-state index in [-0.39, 0.29) is 6.42 Å². The van der Waals surface area contributed by atoms with Crippen LogP contribution in [0.25, 0.3) is 11.1 Å². The molecule has 4 N–H and O–H groups in total. The lowest BCUT2D eigenvalue weighted by Crippen LogP contribution is -2.50. The number of hydrogen-bond donors (Lipinski definition) is 3. The summed E-state index contributed by atoms with van der Waals surface area (Å²) in [5.41, 5.74) is 9.37. The van der Waals surface area contributed by atoms with Gasteiger partial charge in [0.05, 0.1) is 13.2 Å². The monoisotopic (exact) mass is 419 g/mol. The number of pyridine rings is 1. The molecular weight excluding hydrogens is 394 g/mol. The lowest BCUT2D eigenvalue weighted by atomic mass is 9.95. The lowest BCUT2D eigenvalue weighted by Gasteiger charge is -2.19. The maximum Gasteiger partial charge on any atom is 0.326 e. The third kappa shape index (κ3) is 5.90. The summed E-state index contributed by atoms with van der Waals surface area (Å²) >= 11 is 0. The van der Waals surface area contributed by atoms with E-state index in [2.05, 4.69) is 10.3 Å². The molecule has 0 spiro atoms. The number of methoxy groups -OCH3 is 1. The Balaban J connectivity index is 1.74. The van der Waals surface area contributed by atoms with Crippen LogP contribution in [0.5, 0.6) is 5.88 Å². The number of carboxylic acids is 1. The quantitative estimate of drug-likeness (QED) is 0.491. The summed E-state index contributed by atoms with van der Waals surface area (Å²) in [6.07, 6.45) is 2.11. The van der Waals surface area contributed by atoms with E-state index >= 15 is 0 Å². The molecule has 2 aromatic carbocycles. The molecule has 3 aromatic rings. The van der Waals surface area contributed by atoms with E-state index in [4.69, 9.17) is 10.5 Å². The maximum absolute atomic E-state index is 12.6. The molecule has 0 saturated carbocycles. The van der Waals surface area contributed by atoms with Crippen molar-refractivity contribution in [1.29, 1.82) is 0 Å². The zero-order valence-electron chi connectivity index (χ0n) is 17.2. The van der Waals surface area contributed by atoms with Gasteiger partial charge in [-0.25, -0.2) is 9.78 Å². The number of nitrogens with two attached hydrogens (primary N) is 1. The number of nitrogens with zero attached hydrogens (tertiary/aromatic N) is 1. The van der Waals surface area contributed by atoms with Crippen molar-refractivity contribution in [3.8, 4) is 17.0 Å². The Morgan fingerprint density at radius 2 is 1.74 bits per heavy atom. The van der Waals surface area contributed by atoms with Gasteiger partial charge in [-0.2, -0.15) is 0 Å². The largest absolute Gasteiger partial charge is 0.481 e. The second kappa shape index (κ2) is 10.4. The molecule has 0 aliphatic carbocycles. The summed E-state index contributed by atoms with van der Waals surface area (Å²) in [4.78, 5) is 28.6. The van der Waals surface area contributed by atoms with Crippen molar-refractivity contribution in [2.75, 3.05) is 7.11 Å². The van der Waals surface area contributed by atoms with Crippen molar-refractivity contribution in [2.45, 2.75) is 24.9 Å². The van der Waals surface area contributed by atoms with Gasteiger partial charge in [0.15, 0.2) is 0 Å². The van der Waals surface area contributed by atoms with E-state index in [1.807, 2.05) is 60.7 Å². The van der Waals surface area contributed by atoms with Crippen molar-refractivity contribution < 1.29 is 19.4 Å². The minimum Gasteiger partial charge on any atom is -0.481 e. The van der Waals surface area contributed by atoms with Crippen LogP contribution in [0.1, 0.15) is 11.1 Å². The highest BCUT2D eigenvalue weighted by Gasteiger charge is 2.24. The van der Waals surface area contributed by atoms with Crippen LogP contribution in [0, 0.1) is 0 Å². The lowest BCUT2D eigenvalue weighted by molar-refractivity contribution is -0.141. The highest BCUT2D eigenvalue weighted by Crippen LogP contribution is 2.25. The van der Waals surface area contributed by atoms with E-state index in [0.717, 1.165) is 22.3 Å². The third-order valence-electron chi connectivity index (χ3n) is 4.95.